The van der Waals surface area contributed by atoms with E-state index in [0.717, 1.165) is 0 Å². The van der Waals surface area contributed by atoms with Crippen LogP contribution in [0.3, 0.4) is 0 Å². The molecule has 0 unspecified atom stereocenters. The molecule has 0 radical (unpaired) electrons. The summed E-state index contributed by atoms with van der Waals surface area (Å²) < 4.78 is 0. The van der Waals surface area contributed by atoms with Gasteiger partial charge in [0.1, 0.15) is 0 Å². The van der Waals surface area contributed by atoms with E-state index in [1.807, 2.05) is 0 Å². The first kappa shape index (κ1) is 13.6. The van der Waals surface area contributed by atoms with Crippen LogP contribution in [-0.4, -0.2) is 29.9 Å². The van der Waals surface area contributed by atoms with Crippen LogP contribution in [0, 0.1) is 5.92 Å². The average Bonchev–Trinajstić information content (AvgIpc) is 2.52. The molecule has 6 heteroatoms. The highest BCUT2D eigenvalue weighted by Gasteiger charge is 2.33. The Morgan fingerprint density at radius 3 is 2.00 bits per heavy atom. The van der Waals surface area contributed by atoms with Crippen molar-refractivity contribution in [1.29, 1.82) is 0 Å². The van der Waals surface area contributed by atoms with Crippen molar-refractivity contribution < 1.29 is 19.2 Å². The Hall–Kier alpha value is -1.43. The van der Waals surface area contributed by atoms with Crippen molar-refractivity contribution in [3.05, 3.63) is 0 Å². The average molecular weight is 216 g/mol. The molecule has 0 bridgehead atoms. The topological polar surface area (TPSA) is 89.7 Å². The predicted octanol–water partition coefficient (Wildman–Crippen LogP) is -0.175. The van der Waals surface area contributed by atoms with Crippen molar-refractivity contribution in [1.82, 2.24) is 5.06 Å². The van der Waals surface area contributed by atoms with Crippen molar-refractivity contribution in [3.8, 4) is 0 Å². The Kier molecular flexibility index (Phi) is 5.54. The Morgan fingerprint density at radius 2 is 1.67 bits per heavy atom. The Bertz CT molecular complexity index is 247. The molecule has 1 saturated heterocycles. The SMILES string of the molecule is CC(C)C(=O)ON1C(=O)CCC1=O.CN. The van der Waals surface area contributed by atoms with E-state index in [9.17, 15) is 14.4 Å². The molecule has 1 aliphatic rings. The van der Waals surface area contributed by atoms with Crippen LogP contribution in [0.1, 0.15) is 26.7 Å². The molecule has 6 nitrogen and oxygen atoms in total. The number of nitrogens with two attached hydrogens (primary N) is 1. The van der Waals surface area contributed by atoms with Crippen LogP contribution in [0.15, 0.2) is 0 Å². The van der Waals surface area contributed by atoms with E-state index in [-0.39, 0.29) is 18.8 Å². The van der Waals surface area contributed by atoms with Gasteiger partial charge in [-0.1, -0.05) is 13.8 Å². The zero-order chi connectivity index (χ0) is 12.0. The molecule has 2 N–H and O–H groups in total. The minimum absolute atomic E-state index is 0.129. The van der Waals surface area contributed by atoms with Crippen molar-refractivity contribution in [2.24, 2.45) is 11.7 Å². The van der Waals surface area contributed by atoms with Crippen molar-refractivity contribution in [2.75, 3.05) is 7.05 Å². The lowest BCUT2D eigenvalue weighted by atomic mass is 10.2. The van der Waals surface area contributed by atoms with Crippen LogP contribution in [0.2, 0.25) is 0 Å². The third-order valence-electron chi connectivity index (χ3n) is 1.66. The van der Waals surface area contributed by atoms with E-state index in [0.29, 0.717) is 5.06 Å². The summed E-state index contributed by atoms with van der Waals surface area (Å²) in [5, 5.41) is 0.558. The van der Waals surface area contributed by atoms with Crippen molar-refractivity contribution in [3.63, 3.8) is 0 Å². The summed E-state index contributed by atoms with van der Waals surface area (Å²) in [6.45, 7) is 3.26. The lowest BCUT2D eigenvalue weighted by Crippen LogP contribution is -2.33. The Balaban J connectivity index is 0.000000921. The first-order valence-electron chi connectivity index (χ1n) is 4.67. The minimum atomic E-state index is -0.566. The number of carbonyl (C=O) groups excluding carboxylic acids is 3. The van der Waals surface area contributed by atoms with Gasteiger partial charge in [0.05, 0.1) is 5.92 Å². The molecule has 1 heterocycles. The van der Waals surface area contributed by atoms with Crippen LogP contribution < -0.4 is 5.73 Å². The third-order valence-corrected chi connectivity index (χ3v) is 1.66. The predicted molar refractivity (Wildman–Crippen MR) is 52.1 cm³/mol. The number of hydrogen-bond donors (Lipinski definition) is 1. The number of amides is 2. The van der Waals surface area contributed by atoms with E-state index < -0.39 is 17.8 Å². The fourth-order valence-electron chi connectivity index (χ4n) is 0.853. The van der Waals surface area contributed by atoms with Gasteiger partial charge in [0.2, 0.25) is 0 Å². The zero-order valence-corrected chi connectivity index (χ0v) is 9.15. The number of rotatable bonds is 2. The molecular formula is C9H16N2O4. The van der Waals surface area contributed by atoms with E-state index >= 15 is 0 Å². The van der Waals surface area contributed by atoms with Gasteiger partial charge in [0.25, 0.3) is 11.8 Å². The quantitative estimate of drug-likeness (QED) is 0.647. The first-order valence-corrected chi connectivity index (χ1v) is 4.67. The molecule has 15 heavy (non-hydrogen) atoms. The molecule has 0 aromatic carbocycles. The number of nitrogens with zero attached hydrogens (tertiary/aromatic N) is 1. The van der Waals surface area contributed by atoms with Crippen molar-refractivity contribution >= 4 is 17.8 Å². The molecule has 0 saturated carbocycles. The number of hydrogen-bond acceptors (Lipinski definition) is 5. The lowest BCUT2D eigenvalue weighted by Gasteiger charge is -2.13. The third kappa shape index (κ3) is 3.67. The van der Waals surface area contributed by atoms with Crippen LogP contribution >= 0.6 is 0 Å². The minimum Gasteiger partial charge on any atom is -0.333 e. The molecular weight excluding hydrogens is 200 g/mol. The molecule has 1 fully saturated rings. The van der Waals surface area contributed by atoms with Gasteiger partial charge in [-0.3, -0.25) is 9.59 Å². The van der Waals surface area contributed by atoms with Crippen LogP contribution in [0.25, 0.3) is 0 Å². The molecule has 0 aromatic rings. The van der Waals surface area contributed by atoms with Gasteiger partial charge in [-0.2, -0.15) is 0 Å². The Morgan fingerprint density at radius 1 is 1.27 bits per heavy atom. The van der Waals surface area contributed by atoms with Gasteiger partial charge in [-0.05, 0) is 7.05 Å². The van der Waals surface area contributed by atoms with Crippen LogP contribution in [0.5, 0.6) is 0 Å². The van der Waals surface area contributed by atoms with E-state index in [2.05, 4.69) is 10.6 Å². The van der Waals surface area contributed by atoms with Gasteiger partial charge < -0.3 is 10.6 Å². The molecule has 0 spiro atoms. The first-order chi connectivity index (χ1) is 7.02. The van der Waals surface area contributed by atoms with Gasteiger partial charge in [0, 0.05) is 12.8 Å². The van der Waals surface area contributed by atoms with Crippen LogP contribution in [-0.2, 0) is 19.2 Å². The summed E-state index contributed by atoms with van der Waals surface area (Å²) in [4.78, 5) is 37.6. The zero-order valence-electron chi connectivity index (χ0n) is 9.15. The molecule has 0 aliphatic carbocycles. The molecule has 0 aromatic heterocycles. The second kappa shape index (κ2) is 6.13. The fourth-order valence-corrected chi connectivity index (χ4v) is 0.853. The highest BCUT2D eigenvalue weighted by molar-refractivity contribution is 6.01. The summed E-state index contributed by atoms with van der Waals surface area (Å²) in [7, 11) is 1.50. The van der Waals surface area contributed by atoms with Crippen molar-refractivity contribution in [2.45, 2.75) is 26.7 Å². The lowest BCUT2D eigenvalue weighted by molar-refractivity contribution is -0.199. The molecule has 0 atom stereocenters. The van der Waals surface area contributed by atoms with E-state index in [1.165, 1.54) is 7.05 Å². The van der Waals surface area contributed by atoms with Gasteiger partial charge in [0.15, 0.2) is 0 Å². The molecule has 1 aliphatic heterocycles. The van der Waals surface area contributed by atoms with E-state index in [1.54, 1.807) is 13.8 Å². The normalized spacial score (nSPS) is 15.1. The summed E-state index contributed by atoms with van der Waals surface area (Å²) in [5.74, 6) is -1.80. The highest BCUT2D eigenvalue weighted by Crippen LogP contribution is 2.13. The van der Waals surface area contributed by atoms with Gasteiger partial charge in [-0.15, -0.1) is 5.06 Å². The maximum atomic E-state index is 11.0. The maximum absolute atomic E-state index is 11.0. The number of hydroxylamine groups is 2. The van der Waals surface area contributed by atoms with E-state index in [4.69, 9.17) is 0 Å². The molecule has 86 valence electrons. The fraction of sp³-hybridized carbons (Fsp3) is 0.667. The highest BCUT2D eigenvalue weighted by atomic mass is 16.7. The van der Waals surface area contributed by atoms with Gasteiger partial charge in [-0.25, -0.2) is 4.79 Å². The molecule has 1 rings (SSSR count). The summed E-state index contributed by atoms with van der Waals surface area (Å²) in [6.07, 6.45) is 0.258. The second-order valence-electron chi connectivity index (χ2n) is 3.15. The Labute approximate surface area is 88.3 Å². The summed E-state index contributed by atoms with van der Waals surface area (Å²) >= 11 is 0. The standard InChI is InChI=1S/C8H11NO4.CH5N/c1-5(2)8(12)13-9-6(10)3-4-7(9)11;1-2/h5H,3-4H2,1-2H3;2H2,1H3. The number of imide groups is 1. The number of carbonyl (C=O) groups is 3. The second-order valence-corrected chi connectivity index (χ2v) is 3.15. The van der Waals surface area contributed by atoms with Crippen LogP contribution in [0.4, 0.5) is 0 Å². The largest absolute Gasteiger partial charge is 0.335 e. The monoisotopic (exact) mass is 216 g/mol. The van der Waals surface area contributed by atoms with Gasteiger partial charge >= 0.3 is 5.97 Å². The molecule has 2 amide bonds. The maximum Gasteiger partial charge on any atom is 0.335 e. The summed E-state index contributed by atoms with van der Waals surface area (Å²) in [5.41, 5.74) is 4.50. The summed E-state index contributed by atoms with van der Waals surface area (Å²) in [6, 6.07) is 0. The smallest absolute Gasteiger partial charge is 0.333 e.